The maximum Gasteiger partial charge on any atom is 0.220 e. The van der Waals surface area contributed by atoms with Gasteiger partial charge in [-0.2, -0.15) is 5.10 Å². The van der Waals surface area contributed by atoms with E-state index in [0.717, 1.165) is 27.6 Å². The Balaban J connectivity index is 1.39. The molecule has 0 spiro atoms. The third-order valence-corrected chi connectivity index (χ3v) is 6.53. The number of nitrogens with two attached hydrogens (primary N) is 1. The maximum absolute atomic E-state index is 12.9. The van der Waals surface area contributed by atoms with Crippen LogP contribution in [-0.4, -0.2) is 26.1 Å². The number of nitrogens with zero attached hydrogens (tertiary/aromatic N) is 2. The number of halogens is 2. The van der Waals surface area contributed by atoms with Gasteiger partial charge in [-0.15, -0.1) is 0 Å². The molecule has 0 fully saturated rings. The van der Waals surface area contributed by atoms with Crippen molar-refractivity contribution in [1.82, 2.24) is 25.5 Å². The lowest BCUT2D eigenvalue weighted by Crippen LogP contribution is -2.31. The smallest absolute Gasteiger partial charge is 0.220 e. The van der Waals surface area contributed by atoms with Crippen LogP contribution in [0.2, 0.25) is 10.2 Å². The number of anilines is 1. The average molecular weight is 519 g/mol. The van der Waals surface area contributed by atoms with E-state index in [1.807, 2.05) is 72.8 Å². The first-order chi connectivity index (χ1) is 17.5. The first kappa shape index (κ1) is 23.9. The lowest BCUT2D eigenvalue weighted by atomic mass is 10.0. The number of rotatable bonds is 8. The molecule has 0 saturated heterocycles. The van der Waals surface area contributed by atoms with Gasteiger partial charge >= 0.3 is 0 Å². The second-order valence-corrected chi connectivity index (χ2v) is 9.41. The number of aromatic nitrogens is 4. The van der Waals surface area contributed by atoms with Gasteiger partial charge in [-0.1, -0.05) is 71.7 Å². The summed E-state index contributed by atoms with van der Waals surface area (Å²) in [6.07, 6.45) is 1.47. The van der Waals surface area contributed by atoms with Gasteiger partial charge < -0.3 is 16.0 Å². The average Bonchev–Trinajstić information content (AvgIpc) is 3.45. The fraction of sp³-hybridized carbons (Fsp3) is 0.148. The SMILES string of the molecule is Nc1n[nH]c2cc(-c3nc(C(Cc4ccccc4)NC(=O)CCc4cccc(Cl)c4)[nH]c3Cl)ccc12. The van der Waals surface area contributed by atoms with Crippen LogP contribution in [0.1, 0.15) is 29.4 Å². The van der Waals surface area contributed by atoms with E-state index in [-0.39, 0.29) is 5.91 Å². The number of H-pyrrole nitrogens is 2. The highest BCUT2D eigenvalue weighted by Gasteiger charge is 2.22. The Morgan fingerprint density at radius 2 is 1.81 bits per heavy atom. The van der Waals surface area contributed by atoms with E-state index in [0.29, 0.717) is 46.8 Å². The number of benzene rings is 3. The molecule has 1 atom stereocenters. The first-order valence-corrected chi connectivity index (χ1v) is 12.3. The van der Waals surface area contributed by atoms with E-state index in [2.05, 4.69) is 20.5 Å². The van der Waals surface area contributed by atoms with Crippen molar-refractivity contribution in [3.05, 3.63) is 99.9 Å². The third kappa shape index (κ3) is 5.37. The molecule has 182 valence electrons. The van der Waals surface area contributed by atoms with Crippen molar-refractivity contribution in [3.63, 3.8) is 0 Å². The molecule has 0 aliphatic heterocycles. The molecule has 5 rings (SSSR count). The summed E-state index contributed by atoms with van der Waals surface area (Å²) in [5.41, 5.74) is 10.2. The van der Waals surface area contributed by atoms with Crippen LogP contribution in [0, 0.1) is 0 Å². The Labute approximate surface area is 218 Å². The topological polar surface area (TPSA) is 112 Å². The molecule has 0 aliphatic rings. The largest absolute Gasteiger partial charge is 0.382 e. The minimum Gasteiger partial charge on any atom is -0.382 e. The van der Waals surface area contributed by atoms with Crippen LogP contribution < -0.4 is 11.1 Å². The molecule has 0 aliphatic carbocycles. The van der Waals surface area contributed by atoms with Crippen molar-refractivity contribution >= 4 is 45.8 Å². The monoisotopic (exact) mass is 518 g/mol. The summed E-state index contributed by atoms with van der Waals surface area (Å²) in [7, 11) is 0. The quantitative estimate of drug-likeness (QED) is 0.205. The third-order valence-electron chi connectivity index (χ3n) is 6.02. The Kier molecular flexibility index (Phi) is 6.93. The zero-order valence-corrected chi connectivity index (χ0v) is 20.8. The second kappa shape index (κ2) is 10.4. The molecule has 5 aromatic rings. The highest BCUT2D eigenvalue weighted by molar-refractivity contribution is 6.32. The molecule has 0 bridgehead atoms. The molecule has 7 nitrogen and oxygen atoms in total. The molecule has 5 N–H and O–H groups in total. The van der Waals surface area contributed by atoms with Crippen LogP contribution in [0.5, 0.6) is 0 Å². The van der Waals surface area contributed by atoms with Crippen LogP contribution >= 0.6 is 23.2 Å². The number of nitrogen functional groups attached to an aromatic ring is 1. The van der Waals surface area contributed by atoms with E-state index in [4.69, 9.17) is 33.9 Å². The van der Waals surface area contributed by atoms with Gasteiger partial charge in [0.1, 0.15) is 16.7 Å². The predicted molar refractivity (Wildman–Crippen MR) is 144 cm³/mol. The summed E-state index contributed by atoms with van der Waals surface area (Å²) in [4.78, 5) is 20.9. The van der Waals surface area contributed by atoms with Gasteiger partial charge in [0.15, 0.2) is 5.82 Å². The molecule has 1 unspecified atom stereocenters. The standard InChI is InChI=1S/C27H24Cl2N6O/c28-19-8-4-7-17(13-19)9-12-23(36)31-22(14-16-5-2-1-3-6-16)27-32-24(25(29)33-27)18-10-11-20-21(15-18)34-35-26(20)30/h1-8,10-11,13,15,22H,9,12,14H2,(H,31,36)(H,32,33)(H3,30,34,35). The summed E-state index contributed by atoms with van der Waals surface area (Å²) in [6.45, 7) is 0. The van der Waals surface area contributed by atoms with Gasteiger partial charge in [-0.25, -0.2) is 4.98 Å². The second-order valence-electron chi connectivity index (χ2n) is 8.59. The van der Waals surface area contributed by atoms with Gasteiger partial charge in [0.05, 0.1) is 11.6 Å². The van der Waals surface area contributed by atoms with Crippen molar-refractivity contribution in [3.8, 4) is 11.3 Å². The van der Waals surface area contributed by atoms with Gasteiger partial charge in [0.2, 0.25) is 5.91 Å². The Morgan fingerprint density at radius 1 is 1.00 bits per heavy atom. The van der Waals surface area contributed by atoms with Crippen LogP contribution in [0.4, 0.5) is 5.82 Å². The molecular weight excluding hydrogens is 495 g/mol. The maximum atomic E-state index is 12.9. The number of hydrogen-bond acceptors (Lipinski definition) is 4. The van der Waals surface area contributed by atoms with Crippen LogP contribution in [0.25, 0.3) is 22.2 Å². The highest BCUT2D eigenvalue weighted by Crippen LogP contribution is 2.31. The number of carbonyl (C=O) groups is 1. The molecule has 36 heavy (non-hydrogen) atoms. The minimum absolute atomic E-state index is 0.0840. The van der Waals surface area contributed by atoms with Crippen molar-refractivity contribution in [2.24, 2.45) is 0 Å². The summed E-state index contributed by atoms with van der Waals surface area (Å²) in [6, 6.07) is 22.8. The minimum atomic E-state index is -0.392. The summed E-state index contributed by atoms with van der Waals surface area (Å²) >= 11 is 12.7. The molecule has 9 heteroatoms. The fourth-order valence-corrected chi connectivity index (χ4v) is 4.66. The van der Waals surface area contributed by atoms with Gasteiger partial charge in [-0.05, 0) is 48.2 Å². The van der Waals surface area contributed by atoms with E-state index in [9.17, 15) is 4.79 Å². The Bertz CT molecular complexity index is 1510. The number of imidazole rings is 1. The molecule has 1 amide bonds. The lowest BCUT2D eigenvalue weighted by molar-refractivity contribution is -0.121. The molecule has 3 aromatic carbocycles. The van der Waals surface area contributed by atoms with E-state index < -0.39 is 6.04 Å². The molecule has 2 aromatic heterocycles. The molecule has 0 radical (unpaired) electrons. The normalized spacial score (nSPS) is 12.1. The lowest BCUT2D eigenvalue weighted by Gasteiger charge is -2.17. The molecule has 0 saturated carbocycles. The van der Waals surface area contributed by atoms with Crippen LogP contribution in [0.3, 0.4) is 0 Å². The predicted octanol–water partition coefficient (Wildman–Crippen LogP) is 5.87. The fourth-order valence-electron chi connectivity index (χ4n) is 4.20. The number of fused-ring (bicyclic) bond motifs is 1. The number of nitrogens with one attached hydrogen (secondary N) is 3. The van der Waals surface area contributed by atoms with Crippen molar-refractivity contribution < 1.29 is 4.79 Å². The molecular formula is C27H24Cl2N6O. The van der Waals surface area contributed by atoms with Crippen molar-refractivity contribution in [1.29, 1.82) is 0 Å². The van der Waals surface area contributed by atoms with Gasteiger partial charge in [0, 0.05) is 22.4 Å². The number of hydrogen-bond donors (Lipinski definition) is 4. The number of amides is 1. The summed E-state index contributed by atoms with van der Waals surface area (Å²) < 4.78 is 0. The van der Waals surface area contributed by atoms with E-state index >= 15 is 0 Å². The Hall–Kier alpha value is -3.81. The zero-order chi connectivity index (χ0) is 25.1. The Morgan fingerprint density at radius 3 is 2.61 bits per heavy atom. The van der Waals surface area contributed by atoms with E-state index in [1.165, 1.54) is 0 Å². The van der Waals surface area contributed by atoms with Gasteiger partial charge in [-0.3, -0.25) is 9.89 Å². The highest BCUT2D eigenvalue weighted by atomic mass is 35.5. The number of aryl methyl sites for hydroxylation is 1. The number of carbonyl (C=O) groups excluding carboxylic acids is 1. The van der Waals surface area contributed by atoms with Crippen molar-refractivity contribution in [2.75, 3.05) is 5.73 Å². The van der Waals surface area contributed by atoms with Crippen LogP contribution in [0.15, 0.2) is 72.8 Å². The van der Waals surface area contributed by atoms with Gasteiger partial charge in [0.25, 0.3) is 0 Å². The zero-order valence-electron chi connectivity index (χ0n) is 19.3. The molecule has 2 heterocycles. The van der Waals surface area contributed by atoms with E-state index in [1.54, 1.807) is 0 Å². The first-order valence-electron chi connectivity index (χ1n) is 11.5. The van der Waals surface area contributed by atoms with Crippen LogP contribution in [-0.2, 0) is 17.6 Å². The summed E-state index contributed by atoms with van der Waals surface area (Å²) in [5, 5.41) is 12.0. The summed E-state index contributed by atoms with van der Waals surface area (Å²) in [5.74, 6) is 0.937. The van der Waals surface area contributed by atoms with Crippen molar-refractivity contribution in [2.45, 2.75) is 25.3 Å². The number of aromatic amines is 2.